The maximum atomic E-state index is 11.9. The van der Waals surface area contributed by atoms with Crippen molar-refractivity contribution >= 4 is 29.0 Å². The molecule has 0 bridgehead atoms. The zero-order valence-corrected chi connectivity index (χ0v) is 13.4. The molecular formula is C16H19NOS2. The van der Waals surface area contributed by atoms with Gasteiger partial charge in [0, 0.05) is 11.3 Å². The van der Waals surface area contributed by atoms with Crippen LogP contribution in [0.3, 0.4) is 0 Å². The van der Waals surface area contributed by atoms with Crippen LogP contribution in [-0.2, 0) is 11.2 Å². The third kappa shape index (κ3) is 4.39. The van der Waals surface area contributed by atoms with E-state index in [0.29, 0.717) is 6.42 Å². The minimum Gasteiger partial charge on any atom is -0.350 e. The number of carbonyl (C=O) groups excluding carboxylic acids is 1. The van der Waals surface area contributed by atoms with Crippen LogP contribution in [0.5, 0.6) is 0 Å². The lowest BCUT2D eigenvalue weighted by molar-refractivity contribution is -0.121. The standard InChI is InChI=1S/C16H19NOS2/c1-12(14-4-6-15(19-2)7-5-14)17-16(18)8-3-13-9-10-20-11-13/h4-7,9-12H,3,8H2,1-2H3,(H,17,18)/t12-/m0/s1. The fraction of sp³-hybridized carbons (Fsp3) is 0.312. The Kier molecular flexibility index (Phi) is 5.68. The molecule has 0 aliphatic heterocycles. The average molecular weight is 305 g/mol. The summed E-state index contributed by atoms with van der Waals surface area (Å²) in [6.07, 6.45) is 3.42. The molecule has 1 heterocycles. The maximum Gasteiger partial charge on any atom is 0.220 e. The number of thioether (sulfide) groups is 1. The molecular weight excluding hydrogens is 286 g/mol. The first-order chi connectivity index (χ1) is 9.69. The van der Waals surface area contributed by atoms with Gasteiger partial charge in [0.1, 0.15) is 0 Å². The van der Waals surface area contributed by atoms with Crippen LogP contribution in [0.25, 0.3) is 0 Å². The molecule has 0 saturated heterocycles. The van der Waals surface area contributed by atoms with Crippen LogP contribution in [-0.4, -0.2) is 12.2 Å². The number of aryl methyl sites for hydroxylation is 1. The number of nitrogens with one attached hydrogen (secondary N) is 1. The van der Waals surface area contributed by atoms with Crippen LogP contribution < -0.4 is 5.32 Å². The smallest absolute Gasteiger partial charge is 0.220 e. The van der Waals surface area contributed by atoms with Crippen molar-refractivity contribution in [3.63, 3.8) is 0 Å². The Bertz CT molecular complexity index is 534. The number of hydrogen-bond donors (Lipinski definition) is 1. The minimum atomic E-state index is 0.0564. The highest BCUT2D eigenvalue weighted by molar-refractivity contribution is 7.98. The van der Waals surface area contributed by atoms with Crippen LogP contribution in [0, 0.1) is 0 Å². The maximum absolute atomic E-state index is 11.9. The molecule has 0 spiro atoms. The van der Waals surface area contributed by atoms with Gasteiger partial charge in [-0.1, -0.05) is 12.1 Å². The van der Waals surface area contributed by atoms with Gasteiger partial charge in [0.05, 0.1) is 6.04 Å². The number of thiophene rings is 1. The highest BCUT2D eigenvalue weighted by atomic mass is 32.2. The lowest BCUT2D eigenvalue weighted by Gasteiger charge is -2.14. The van der Waals surface area contributed by atoms with Gasteiger partial charge >= 0.3 is 0 Å². The summed E-state index contributed by atoms with van der Waals surface area (Å²) in [5.41, 5.74) is 2.38. The fourth-order valence-corrected chi connectivity index (χ4v) is 3.09. The molecule has 1 aromatic carbocycles. The van der Waals surface area contributed by atoms with Crippen molar-refractivity contribution in [1.29, 1.82) is 0 Å². The first-order valence-corrected chi connectivity index (χ1v) is 8.80. The second kappa shape index (κ2) is 7.50. The van der Waals surface area contributed by atoms with E-state index in [2.05, 4.69) is 47.3 Å². The molecule has 1 amide bonds. The van der Waals surface area contributed by atoms with Gasteiger partial charge in [-0.25, -0.2) is 0 Å². The predicted octanol–water partition coefficient (Wildman–Crippen LogP) is 4.28. The second-order valence-electron chi connectivity index (χ2n) is 4.69. The summed E-state index contributed by atoms with van der Waals surface area (Å²) in [6, 6.07) is 10.5. The van der Waals surface area contributed by atoms with Gasteiger partial charge in [0.15, 0.2) is 0 Å². The van der Waals surface area contributed by atoms with E-state index >= 15 is 0 Å². The molecule has 106 valence electrons. The van der Waals surface area contributed by atoms with E-state index in [-0.39, 0.29) is 11.9 Å². The molecule has 2 rings (SSSR count). The SMILES string of the molecule is CSc1ccc([C@H](C)NC(=O)CCc2ccsc2)cc1. The summed E-state index contributed by atoms with van der Waals surface area (Å²) in [4.78, 5) is 13.2. The molecule has 0 saturated carbocycles. The van der Waals surface area contributed by atoms with Gasteiger partial charge in [-0.2, -0.15) is 11.3 Å². The van der Waals surface area contributed by atoms with E-state index in [1.54, 1.807) is 23.1 Å². The molecule has 1 atom stereocenters. The molecule has 1 N–H and O–H groups in total. The van der Waals surface area contributed by atoms with Crippen LogP contribution in [0.1, 0.15) is 30.5 Å². The van der Waals surface area contributed by atoms with E-state index in [4.69, 9.17) is 0 Å². The molecule has 1 aromatic heterocycles. The van der Waals surface area contributed by atoms with Crippen molar-refractivity contribution in [3.05, 3.63) is 52.2 Å². The molecule has 0 fully saturated rings. The van der Waals surface area contributed by atoms with Crippen LogP contribution >= 0.6 is 23.1 Å². The van der Waals surface area contributed by atoms with Gasteiger partial charge in [-0.05, 0) is 59.7 Å². The molecule has 2 aromatic rings. The van der Waals surface area contributed by atoms with Crippen molar-refractivity contribution < 1.29 is 4.79 Å². The highest BCUT2D eigenvalue weighted by Crippen LogP contribution is 2.19. The van der Waals surface area contributed by atoms with Crippen molar-refractivity contribution in [2.45, 2.75) is 30.7 Å². The van der Waals surface area contributed by atoms with Crippen molar-refractivity contribution in [3.8, 4) is 0 Å². The van der Waals surface area contributed by atoms with Crippen molar-refractivity contribution in [2.24, 2.45) is 0 Å². The van der Waals surface area contributed by atoms with Gasteiger partial charge in [0.25, 0.3) is 0 Å². The van der Waals surface area contributed by atoms with E-state index < -0.39 is 0 Å². The summed E-state index contributed by atoms with van der Waals surface area (Å²) in [5.74, 6) is 0.109. The Labute approximate surface area is 128 Å². The van der Waals surface area contributed by atoms with Crippen LogP contribution in [0.2, 0.25) is 0 Å². The molecule has 20 heavy (non-hydrogen) atoms. The fourth-order valence-electron chi connectivity index (χ4n) is 1.98. The van der Waals surface area contributed by atoms with E-state index in [1.165, 1.54) is 10.5 Å². The van der Waals surface area contributed by atoms with Gasteiger partial charge in [0.2, 0.25) is 5.91 Å². The molecule has 0 unspecified atom stereocenters. The van der Waals surface area contributed by atoms with Gasteiger partial charge in [-0.3, -0.25) is 4.79 Å². The third-order valence-electron chi connectivity index (χ3n) is 3.21. The Morgan fingerprint density at radius 3 is 2.65 bits per heavy atom. The summed E-state index contributed by atoms with van der Waals surface area (Å²) >= 11 is 3.40. The molecule has 2 nitrogen and oxygen atoms in total. The number of hydrogen-bond acceptors (Lipinski definition) is 3. The molecule has 0 radical (unpaired) electrons. The van der Waals surface area contributed by atoms with E-state index in [1.807, 2.05) is 12.3 Å². The highest BCUT2D eigenvalue weighted by Gasteiger charge is 2.09. The summed E-state index contributed by atoms with van der Waals surface area (Å²) in [5, 5.41) is 7.19. The van der Waals surface area contributed by atoms with Crippen molar-refractivity contribution in [2.75, 3.05) is 6.26 Å². The Hall–Kier alpha value is -1.26. The number of carbonyl (C=O) groups is 1. The minimum absolute atomic E-state index is 0.0564. The third-order valence-corrected chi connectivity index (χ3v) is 4.69. The lowest BCUT2D eigenvalue weighted by Crippen LogP contribution is -2.26. The predicted molar refractivity (Wildman–Crippen MR) is 87.4 cm³/mol. The van der Waals surface area contributed by atoms with Gasteiger partial charge in [-0.15, -0.1) is 11.8 Å². The number of benzene rings is 1. The normalized spacial score (nSPS) is 12.1. The number of rotatable bonds is 6. The Morgan fingerprint density at radius 1 is 1.30 bits per heavy atom. The van der Waals surface area contributed by atoms with Crippen LogP contribution in [0.15, 0.2) is 46.0 Å². The second-order valence-corrected chi connectivity index (χ2v) is 6.35. The Balaban J connectivity index is 1.83. The first kappa shape index (κ1) is 15.1. The summed E-state index contributed by atoms with van der Waals surface area (Å²) in [6.45, 7) is 2.02. The zero-order chi connectivity index (χ0) is 14.4. The average Bonchev–Trinajstić information content (AvgIpc) is 2.98. The van der Waals surface area contributed by atoms with E-state index in [0.717, 1.165) is 12.0 Å². The van der Waals surface area contributed by atoms with E-state index in [9.17, 15) is 4.79 Å². The van der Waals surface area contributed by atoms with Crippen molar-refractivity contribution in [1.82, 2.24) is 5.32 Å². The summed E-state index contributed by atoms with van der Waals surface area (Å²) in [7, 11) is 0. The molecule has 0 aliphatic rings. The number of amides is 1. The first-order valence-electron chi connectivity index (χ1n) is 6.63. The Morgan fingerprint density at radius 2 is 2.05 bits per heavy atom. The quantitative estimate of drug-likeness (QED) is 0.807. The van der Waals surface area contributed by atoms with Crippen LogP contribution in [0.4, 0.5) is 0 Å². The monoisotopic (exact) mass is 305 g/mol. The summed E-state index contributed by atoms with van der Waals surface area (Å²) < 4.78 is 0. The lowest BCUT2D eigenvalue weighted by atomic mass is 10.1. The molecule has 0 aliphatic carbocycles. The molecule has 4 heteroatoms. The largest absolute Gasteiger partial charge is 0.350 e. The topological polar surface area (TPSA) is 29.1 Å². The zero-order valence-electron chi connectivity index (χ0n) is 11.8. The van der Waals surface area contributed by atoms with Gasteiger partial charge < -0.3 is 5.32 Å².